The first-order valence-electron chi connectivity index (χ1n) is 15.8. The van der Waals surface area contributed by atoms with Crippen LogP contribution in [0.3, 0.4) is 0 Å². The number of aliphatic hydroxyl groups excluding tert-OH is 1. The largest absolute Gasteiger partial charge is 0.394 e. The predicted molar refractivity (Wildman–Crippen MR) is 184 cm³/mol. The fourth-order valence-electron chi connectivity index (χ4n) is 5.90. The maximum Gasteiger partial charge on any atom is 0.270 e. The molecular weight excluding hydrogens is 634 g/mol. The Labute approximate surface area is 285 Å². The lowest BCUT2D eigenvalue weighted by molar-refractivity contribution is -0.130. The van der Waals surface area contributed by atoms with Gasteiger partial charge in [-0.1, -0.05) is 30.3 Å². The minimum atomic E-state index is -0.968. The number of carbonyl (C=O) groups is 3. The van der Waals surface area contributed by atoms with Gasteiger partial charge in [0.25, 0.3) is 11.8 Å². The van der Waals surface area contributed by atoms with Crippen LogP contribution in [0.15, 0.2) is 60.7 Å². The van der Waals surface area contributed by atoms with Gasteiger partial charge in [-0.2, -0.15) is 5.21 Å². The van der Waals surface area contributed by atoms with Crippen LogP contribution in [-0.2, 0) is 16.0 Å². The molecule has 0 aliphatic heterocycles. The van der Waals surface area contributed by atoms with E-state index in [-0.39, 0.29) is 54.9 Å². The third-order valence-electron chi connectivity index (χ3n) is 8.71. The standard InChI is InChI=1S/C34H41N9O4.ClH/c1-20(19-44)37-32(45)30-16-15-28(21(2)38-30)24-7-3-22(4-8-24)17-29(36)34(47)43(33(46)26-9-5-23(18-35)6-10-26)27-13-11-25(12-14-27)31-39-41-42-40-31;/h3-4,7-8,11-16,20,23,26,29,44H,5-6,9-10,17-19,35-36H2,1-2H3,(H,37,45)(H,39,40,41,42);1H/t20-,23-,26-,29+;/m1./s1. The number of tetrazole rings is 1. The van der Waals surface area contributed by atoms with Gasteiger partial charge in [-0.05, 0) is 105 Å². The number of benzene rings is 2. The fourth-order valence-corrected chi connectivity index (χ4v) is 5.90. The van der Waals surface area contributed by atoms with Crippen molar-refractivity contribution in [2.45, 2.75) is 58.0 Å². The number of halogens is 1. The number of amides is 3. The van der Waals surface area contributed by atoms with Gasteiger partial charge in [0.05, 0.1) is 18.3 Å². The van der Waals surface area contributed by atoms with Gasteiger partial charge >= 0.3 is 0 Å². The Morgan fingerprint density at radius 2 is 1.67 bits per heavy atom. The average Bonchev–Trinajstić information content (AvgIpc) is 3.64. The van der Waals surface area contributed by atoms with Crippen LogP contribution >= 0.6 is 12.4 Å². The molecule has 4 aromatic rings. The number of aliphatic hydroxyl groups is 1. The maximum atomic E-state index is 13.9. The molecule has 13 nitrogen and oxygen atoms in total. The van der Waals surface area contributed by atoms with Crippen LogP contribution in [0.25, 0.3) is 22.5 Å². The molecule has 2 atom stereocenters. The minimum absolute atomic E-state index is 0. The van der Waals surface area contributed by atoms with E-state index < -0.39 is 11.9 Å². The number of aromatic amines is 1. The molecule has 14 heteroatoms. The number of nitrogens with two attached hydrogens (primary N) is 2. The molecule has 0 spiro atoms. The Bertz CT molecular complexity index is 1680. The summed E-state index contributed by atoms with van der Waals surface area (Å²) in [6.07, 6.45) is 3.26. The van der Waals surface area contributed by atoms with Crippen molar-refractivity contribution in [3.8, 4) is 22.5 Å². The van der Waals surface area contributed by atoms with Crippen molar-refractivity contribution in [3.63, 3.8) is 0 Å². The van der Waals surface area contributed by atoms with Gasteiger partial charge < -0.3 is 21.9 Å². The Hall–Kier alpha value is -4.56. The molecule has 254 valence electrons. The van der Waals surface area contributed by atoms with Crippen molar-refractivity contribution in [2.75, 3.05) is 18.1 Å². The summed E-state index contributed by atoms with van der Waals surface area (Å²) >= 11 is 0. The SMILES string of the molecule is Cc1nc(C(=O)N[C@H](C)CO)ccc1-c1ccc(C[C@H](N)C(=O)N(c2ccc(-c3nn[nH]n3)cc2)C(=O)[C@H]2CC[C@H](CN)CC2)cc1.Cl. The highest BCUT2D eigenvalue weighted by molar-refractivity contribution is 6.17. The molecule has 0 saturated heterocycles. The zero-order valence-electron chi connectivity index (χ0n) is 27.0. The molecule has 3 amide bonds. The van der Waals surface area contributed by atoms with E-state index in [0.717, 1.165) is 29.5 Å². The number of anilines is 1. The van der Waals surface area contributed by atoms with Crippen LogP contribution in [0.2, 0.25) is 0 Å². The summed E-state index contributed by atoms with van der Waals surface area (Å²) < 4.78 is 0. The zero-order chi connectivity index (χ0) is 33.5. The number of aromatic nitrogens is 5. The van der Waals surface area contributed by atoms with Crippen LogP contribution in [0.4, 0.5) is 5.69 Å². The molecule has 2 aromatic carbocycles. The van der Waals surface area contributed by atoms with Crippen LogP contribution in [0.1, 0.15) is 54.4 Å². The second-order valence-electron chi connectivity index (χ2n) is 12.1. The van der Waals surface area contributed by atoms with E-state index in [1.54, 1.807) is 37.3 Å². The molecule has 2 heterocycles. The third kappa shape index (κ3) is 8.47. The number of hydrogen-bond donors (Lipinski definition) is 5. The Morgan fingerprint density at radius 3 is 2.25 bits per heavy atom. The van der Waals surface area contributed by atoms with E-state index in [0.29, 0.717) is 48.1 Å². The number of pyridine rings is 1. The highest BCUT2D eigenvalue weighted by Gasteiger charge is 2.35. The summed E-state index contributed by atoms with van der Waals surface area (Å²) in [6.45, 7) is 3.96. The van der Waals surface area contributed by atoms with Gasteiger partial charge in [0.15, 0.2) is 0 Å². The van der Waals surface area contributed by atoms with Crippen molar-refractivity contribution < 1.29 is 19.5 Å². The van der Waals surface area contributed by atoms with E-state index in [9.17, 15) is 19.5 Å². The van der Waals surface area contributed by atoms with Gasteiger partial charge in [0.1, 0.15) is 5.69 Å². The van der Waals surface area contributed by atoms with Gasteiger partial charge in [-0.15, -0.1) is 22.6 Å². The number of rotatable bonds is 11. The molecule has 48 heavy (non-hydrogen) atoms. The lowest BCUT2D eigenvalue weighted by Gasteiger charge is -2.32. The maximum absolute atomic E-state index is 13.9. The molecule has 0 unspecified atom stereocenters. The van der Waals surface area contributed by atoms with E-state index in [1.165, 1.54) is 4.90 Å². The van der Waals surface area contributed by atoms with Gasteiger partial charge in [0, 0.05) is 28.8 Å². The summed E-state index contributed by atoms with van der Waals surface area (Å²) in [5, 5.41) is 25.9. The number of aryl methyl sites for hydroxylation is 1. The molecule has 7 N–H and O–H groups in total. The van der Waals surface area contributed by atoms with Crippen molar-refractivity contribution in [1.82, 2.24) is 30.9 Å². The van der Waals surface area contributed by atoms with E-state index in [4.69, 9.17) is 11.5 Å². The normalized spacial score (nSPS) is 17.1. The second kappa shape index (κ2) is 16.5. The van der Waals surface area contributed by atoms with E-state index in [2.05, 4.69) is 30.9 Å². The van der Waals surface area contributed by atoms with Crippen molar-refractivity contribution in [2.24, 2.45) is 23.3 Å². The fraction of sp³-hybridized carbons (Fsp3) is 0.382. The summed E-state index contributed by atoms with van der Waals surface area (Å²) in [5.74, 6) is -0.584. The van der Waals surface area contributed by atoms with Crippen molar-refractivity contribution in [1.29, 1.82) is 0 Å². The number of nitrogens with one attached hydrogen (secondary N) is 2. The summed E-state index contributed by atoms with van der Waals surface area (Å²) in [4.78, 5) is 45.9. The van der Waals surface area contributed by atoms with Gasteiger partial charge in [-0.3, -0.25) is 14.4 Å². The Balaban J connectivity index is 0.00000520. The molecule has 1 fully saturated rings. The third-order valence-corrected chi connectivity index (χ3v) is 8.71. The summed E-state index contributed by atoms with van der Waals surface area (Å²) in [6, 6.07) is 16.6. The highest BCUT2D eigenvalue weighted by Crippen LogP contribution is 2.32. The molecule has 0 radical (unpaired) electrons. The minimum Gasteiger partial charge on any atom is -0.394 e. The van der Waals surface area contributed by atoms with E-state index in [1.807, 2.05) is 37.3 Å². The zero-order valence-corrected chi connectivity index (χ0v) is 27.8. The predicted octanol–water partition coefficient (Wildman–Crippen LogP) is 2.96. The van der Waals surface area contributed by atoms with Crippen LogP contribution in [0.5, 0.6) is 0 Å². The average molecular weight is 676 g/mol. The number of hydrogen-bond acceptors (Lipinski definition) is 10. The van der Waals surface area contributed by atoms with Crippen LogP contribution in [-0.4, -0.2) is 73.7 Å². The Kier molecular flexibility index (Phi) is 12.5. The number of H-pyrrole nitrogens is 1. The monoisotopic (exact) mass is 675 g/mol. The molecule has 0 bridgehead atoms. The van der Waals surface area contributed by atoms with Gasteiger partial charge in [0.2, 0.25) is 11.7 Å². The highest BCUT2D eigenvalue weighted by atomic mass is 35.5. The Morgan fingerprint density at radius 1 is 1.00 bits per heavy atom. The molecule has 1 aliphatic rings. The van der Waals surface area contributed by atoms with Crippen LogP contribution in [0, 0.1) is 18.8 Å². The second-order valence-corrected chi connectivity index (χ2v) is 12.1. The quantitative estimate of drug-likeness (QED) is 0.157. The first-order valence-corrected chi connectivity index (χ1v) is 15.8. The smallest absolute Gasteiger partial charge is 0.270 e. The van der Waals surface area contributed by atoms with Gasteiger partial charge in [-0.25, -0.2) is 9.88 Å². The van der Waals surface area contributed by atoms with Crippen LogP contribution < -0.4 is 21.7 Å². The molecule has 5 rings (SSSR count). The van der Waals surface area contributed by atoms with Crippen molar-refractivity contribution >= 4 is 35.8 Å². The lowest BCUT2D eigenvalue weighted by Crippen LogP contribution is -2.50. The summed E-state index contributed by atoms with van der Waals surface area (Å²) in [7, 11) is 0. The van der Waals surface area contributed by atoms with Crippen molar-refractivity contribution in [3.05, 3.63) is 77.6 Å². The lowest BCUT2D eigenvalue weighted by atomic mass is 9.81. The molecule has 1 saturated carbocycles. The molecular formula is C34H42ClN9O4. The van der Waals surface area contributed by atoms with E-state index >= 15 is 0 Å². The summed E-state index contributed by atoms with van der Waals surface area (Å²) in [5.41, 5.74) is 17.0. The molecule has 2 aromatic heterocycles. The first kappa shape index (κ1) is 36.3. The number of nitrogens with zero attached hydrogens (tertiary/aromatic N) is 5. The number of imide groups is 1. The topological polar surface area (TPSA) is 206 Å². The first-order chi connectivity index (χ1) is 22.7. The number of carbonyl (C=O) groups excluding carboxylic acids is 3. The molecule has 1 aliphatic carbocycles.